The van der Waals surface area contributed by atoms with Gasteiger partial charge in [-0.3, -0.25) is 9.05 Å². The number of hydrogen-bond acceptors (Lipinski definition) is 5. The Kier molecular flexibility index (Phi) is 6.99. The predicted molar refractivity (Wildman–Crippen MR) is 81.1 cm³/mol. The van der Waals surface area contributed by atoms with E-state index in [4.69, 9.17) is 13.8 Å². The van der Waals surface area contributed by atoms with E-state index < -0.39 is 22.6 Å². The molecule has 7 heteroatoms. The minimum atomic E-state index is -1.89. The normalized spacial score (nSPS) is 13.4. The van der Waals surface area contributed by atoms with Gasteiger partial charge in [-0.15, -0.1) is 5.23 Å². The number of rotatable bonds is 7. The van der Waals surface area contributed by atoms with Crippen LogP contribution in [-0.2, 0) is 18.6 Å². The molecule has 0 unspecified atom stereocenters. The second-order valence-electron chi connectivity index (χ2n) is 6.06. The summed E-state index contributed by atoms with van der Waals surface area (Å²) < 4.78 is 16.7. The highest BCUT2D eigenvalue weighted by Crippen LogP contribution is 2.19. The smallest absolute Gasteiger partial charge is 0.359 e. The first kappa shape index (κ1) is 18.4. The van der Waals surface area contributed by atoms with Crippen molar-refractivity contribution in [3.8, 4) is 0 Å². The maximum atomic E-state index is 11.9. The first-order chi connectivity index (χ1) is 8.50. The number of nitrogens with zero attached hydrogens (tertiary/aromatic N) is 1. The molecule has 5 nitrogen and oxygen atoms in total. The molecular weight excluding hydrogens is 278 g/mol. The Morgan fingerprint density at radius 2 is 1.47 bits per heavy atom. The molecule has 0 atom stereocenters. The van der Waals surface area contributed by atoms with Gasteiger partial charge in [0.15, 0.2) is 5.70 Å². The standard InChI is InChI=1S/C12H27NO4Si2/c1-9-11(12(14)15-10-2)13(16-18(3,4)5)17-19(6,7)8/h9H,10H2,1-8H3/b11-9+. The highest BCUT2D eigenvalue weighted by molar-refractivity contribution is 6.70. The topological polar surface area (TPSA) is 48.0 Å². The quantitative estimate of drug-likeness (QED) is 0.313. The lowest BCUT2D eigenvalue weighted by Crippen LogP contribution is -2.44. The van der Waals surface area contributed by atoms with E-state index in [2.05, 4.69) is 0 Å². The van der Waals surface area contributed by atoms with E-state index in [0.717, 1.165) is 0 Å². The molecule has 0 aliphatic carbocycles. The van der Waals surface area contributed by atoms with Gasteiger partial charge in [-0.25, -0.2) is 4.79 Å². The van der Waals surface area contributed by atoms with E-state index in [1.807, 2.05) is 39.3 Å². The minimum Gasteiger partial charge on any atom is -0.461 e. The van der Waals surface area contributed by atoms with Crippen molar-refractivity contribution in [3.05, 3.63) is 11.8 Å². The fourth-order valence-corrected chi connectivity index (χ4v) is 2.46. The zero-order valence-corrected chi connectivity index (χ0v) is 15.4. The van der Waals surface area contributed by atoms with Crippen LogP contribution in [0, 0.1) is 0 Å². The lowest BCUT2D eigenvalue weighted by molar-refractivity contribution is -0.245. The Balaban J connectivity index is 5.14. The van der Waals surface area contributed by atoms with Gasteiger partial charge in [0.25, 0.3) is 0 Å². The molecule has 0 spiro atoms. The van der Waals surface area contributed by atoms with Crippen molar-refractivity contribution in [2.75, 3.05) is 6.61 Å². The third-order valence-corrected chi connectivity index (χ3v) is 3.10. The SMILES string of the molecule is C/C=C(\C(=O)OCC)N(O[Si](C)(C)C)O[Si](C)(C)C. The summed E-state index contributed by atoms with van der Waals surface area (Å²) in [5.74, 6) is -0.429. The van der Waals surface area contributed by atoms with Crippen molar-refractivity contribution in [2.24, 2.45) is 0 Å². The summed E-state index contributed by atoms with van der Waals surface area (Å²) in [7, 11) is -3.79. The van der Waals surface area contributed by atoms with Crippen molar-refractivity contribution < 1.29 is 18.6 Å². The van der Waals surface area contributed by atoms with Gasteiger partial charge >= 0.3 is 5.97 Å². The zero-order chi connectivity index (χ0) is 15.3. The summed E-state index contributed by atoms with van der Waals surface area (Å²) in [6.07, 6.45) is 1.65. The van der Waals surface area contributed by atoms with Gasteiger partial charge in [-0.05, 0) is 53.1 Å². The van der Waals surface area contributed by atoms with Crippen LogP contribution in [0.4, 0.5) is 0 Å². The molecule has 0 N–H and O–H groups in total. The lowest BCUT2D eigenvalue weighted by atomic mass is 10.4. The number of carbonyl (C=O) groups excluding carboxylic acids is 1. The van der Waals surface area contributed by atoms with Crippen LogP contribution >= 0.6 is 0 Å². The van der Waals surface area contributed by atoms with Gasteiger partial charge in [0.1, 0.15) is 0 Å². The Bertz CT molecular complexity index is 316. The van der Waals surface area contributed by atoms with E-state index in [-0.39, 0.29) is 0 Å². The average molecular weight is 306 g/mol. The van der Waals surface area contributed by atoms with Crippen LogP contribution in [0.15, 0.2) is 11.8 Å². The highest BCUT2D eigenvalue weighted by Gasteiger charge is 2.31. The summed E-state index contributed by atoms with van der Waals surface area (Å²) in [4.78, 5) is 11.9. The van der Waals surface area contributed by atoms with Crippen molar-refractivity contribution in [3.63, 3.8) is 0 Å². The Morgan fingerprint density at radius 3 is 1.74 bits per heavy atom. The van der Waals surface area contributed by atoms with Crippen LogP contribution in [-0.4, -0.2) is 34.4 Å². The summed E-state index contributed by atoms with van der Waals surface area (Å²) in [5.41, 5.74) is 0.298. The molecule has 0 fully saturated rings. The second-order valence-corrected chi connectivity index (χ2v) is 14.9. The molecule has 0 radical (unpaired) electrons. The average Bonchev–Trinajstić information content (AvgIpc) is 2.13. The van der Waals surface area contributed by atoms with Gasteiger partial charge in [-0.1, -0.05) is 6.08 Å². The lowest BCUT2D eigenvalue weighted by Gasteiger charge is -2.34. The van der Waals surface area contributed by atoms with E-state index >= 15 is 0 Å². The molecule has 0 aromatic rings. The van der Waals surface area contributed by atoms with Crippen molar-refractivity contribution >= 4 is 22.6 Å². The predicted octanol–water partition coefficient (Wildman–Crippen LogP) is 3.29. The Morgan fingerprint density at radius 1 is 1.05 bits per heavy atom. The van der Waals surface area contributed by atoms with E-state index in [1.165, 1.54) is 5.23 Å². The molecule has 0 saturated carbocycles. The maximum absolute atomic E-state index is 11.9. The fourth-order valence-electron chi connectivity index (χ4n) is 1.12. The number of esters is 1. The Labute approximate surface area is 118 Å². The van der Waals surface area contributed by atoms with Gasteiger partial charge in [-0.2, -0.15) is 0 Å². The molecule has 112 valence electrons. The van der Waals surface area contributed by atoms with Crippen molar-refractivity contribution in [2.45, 2.75) is 53.1 Å². The number of allylic oxidation sites excluding steroid dienone is 1. The van der Waals surface area contributed by atoms with Gasteiger partial charge in [0.05, 0.1) is 6.61 Å². The molecule has 0 aliphatic rings. The van der Waals surface area contributed by atoms with Crippen LogP contribution in [0.5, 0.6) is 0 Å². The zero-order valence-electron chi connectivity index (χ0n) is 13.4. The summed E-state index contributed by atoms with van der Waals surface area (Å²) in [6.45, 7) is 16.1. The summed E-state index contributed by atoms with van der Waals surface area (Å²) in [6, 6.07) is 0. The molecule has 19 heavy (non-hydrogen) atoms. The van der Waals surface area contributed by atoms with E-state index in [1.54, 1.807) is 19.9 Å². The third-order valence-electron chi connectivity index (χ3n) is 1.67. The van der Waals surface area contributed by atoms with Crippen LogP contribution in [0.25, 0.3) is 0 Å². The van der Waals surface area contributed by atoms with Crippen LogP contribution in [0.3, 0.4) is 0 Å². The molecule has 0 aliphatic heterocycles. The van der Waals surface area contributed by atoms with Gasteiger partial charge in [0.2, 0.25) is 16.6 Å². The van der Waals surface area contributed by atoms with E-state index in [0.29, 0.717) is 12.3 Å². The first-order valence-electron chi connectivity index (χ1n) is 6.52. The Hall–Kier alpha value is -0.636. The minimum absolute atomic E-state index is 0.298. The second kappa shape index (κ2) is 7.23. The highest BCUT2D eigenvalue weighted by atomic mass is 28.4. The summed E-state index contributed by atoms with van der Waals surface area (Å²) in [5, 5.41) is 1.27. The molecule has 0 saturated heterocycles. The number of ether oxygens (including phenoxy) is 1. The number of carbonyl (C=O) groups is 1. The largest absolute Gasteiger partial charge is 0.461 e. The van der Waals surface area contributed by atoms with E-state index in [9.17, 15) is 4.79 Å². The fraction of sp³-hybridized carbons (Fsp3) is 0.750. The molecule has 0 heterocycles. The number of hydroxylamine groups is 2. The summed E-state index contributed by atoms with van der Waals surface area (Å²) >= 11 is 0. The first-order valence-corrected chi connectivity index (χ1v) is 13.3. The molecule has 0 amide bonds. The molecule has 0 bridgehead atoms. The maximum Gasteiger partial charge on any atom is 0.359 e. The van der Waals surface area contributed by atoms with Gasteiger partial charge < -0.3 is 4.74 Å². The van der Waals surface area contributed by atoms with Crippen LogP contribution < -0.4 is 0 Å². The monoisotopic (exact) mass is 305 g/mol. The van der Waals surface area contributed by atoms with Crippen molar-refractivity contribution in [1.29, 1.82) is 0 Å². The van der Waals surface area contributed by atoms with Crippen molar-refractivity contribution in [1.82, 2.24) is 5.23 Å². The van der Waals surface area contributed by atoms with Crippen LogP contribution in [0.2, 0.25) is 39.3 Å². The molecule has 0 aromatic carbocycles. The molecule has 0 rings (SSSR count). The number of hydrogen-bond donors (Lipinski definition) is 0. The molecule has 0 aromatic heterocycles. The third kappa shape index (κ3) is 8.20. The van der Waals surface area contributed by atoms with Gasteiger partial charge in [0, 0.05) is 0 Å². The van der Waals surface area contributed by atoms with Crippen LogP contribution in [0.1, 0.15) is 13.8 Å². The molecular formula is C12H27NO4Si2.